The van der Waals surface area contributed by atoms with E-state index in [0.717, 1.165) is 11.1 Å². The van der Waals surface area contributed by atoms with Gasteiger partial charge in [-0.25, -0.2) is 4.39 Å². The Morgan fingerprint density at radius 1 is 1.17 bits per heavy atom. The lowest BCUT2D eigenvalue weighted by Crippen LogP contribution is -2.13. The molecule has 0 aliphatic heterocycles. The van der Waals surface area contributed by atoms with E-state index in [0.29, 0.717) is 10.0 Å². The number of benzene rings is 2. The molecule has 0 saturated heterocycles. The third-order valence-corrected chi connectivity index (χ3v) is 4.10. The van der Waals surface area contributed by atoms with Gasteiger partial charge in [0, 0.05) is 10.0 Å². The first-order chi connectivity index (χ1) is 8.50. The monoisotopic (exact) mass is 327 g/mol. The summed E-state index contributed by atoms with van der Waals surface area (Å²) in [6, 6.07) is 10.5. The minimum absolute atomic E-state index is 0.0649. The van der Waals surface area contributed by atoms with E-state index in [1.807, 2.05) is 31.2 Å². The molecule has 2 aromatic carbocycles. The van der Waals surface area contributed by atoms with Gasteiger partial charge >= 0.3 is 0 Å². The molecule has 0 heterocycles. The molecule has 0 aliphatic carbocycles. The van der Waals surface area contributed by atoms with Crippen LogP contribution in [0.2, 0.25) is 5.02 Å². The zero-order valence-corrected chi connectivity index (χ0v) is 12.1. The summed E-state index contributed by atoms with van der Waals surface area (Å²) in [5.74, 6) is -0.473. The predicted octanol–water partition coefficient (Wildman–Crippen LogP) is 4.60. The highest BCUT2D eigenvalue weighted by Crippen LogP contribution is 2.31. The van der Waals surface area contributed by atoms with Crippen molar-refractivity contribution in [3.8, 4) is 0 Å². The molecule has 0 aromatic heterocycles. The van der Waals surface area contributed by atoms with Crippen molar-refractivity contribution in [2.45, 2.75) is 13.0 Å². The van der Waals surface area contributed by atoms with E-state index in [-0.39, 0.29) is 5.02 Å². The SMILES string of the molecule is Cc1ccc(C(N)c2ccc(Br)c(Cl)c2F)cc1. The molecular formula is C14H12BrClFN. The first kappa shape index (κ1) is 13.5. The maximum absolute atomic E-state index is 14.0. The zero-order chi connectivity index (χ0) is 13.3. The molecule has 0 aliphatic rings. The van der Waals surface area contributed by atoms with E-state index in [1.54, 1.807) is 12.1 Å². The summed E-state index contributed by atoms with van der Waals surface area (Å²) in [6.45, 7) is 1.99. The van der Waals surface area contributed by atoms with Crippen LogP contribution in [0.15, 0.2) is 40.9 Å². The number of nitrogens with two attached hydrogens (primary N) is 1. The van der Waals surface area contributed by atoms with Gasteiger partial charge in [-0.3, -0.25) is 0 Å². The molecule has 94 valence electrons. The van der Waals surface area contributed by atoms with Crippen molar-refractivity contribution in [3.63, 3.8) is 0 Å². The highest BCUT2D eigenvalue weighted by Gasteiger charge is 2.17. The van der Waals surface area contributed by atoms with E-state index in [4.69, 9.17) is 17.3 Å². The van der Waals surface area contributed by atoms with Crippen molar-refractivity contribution < 1.29 is 4.39 Å². The first-order valence-electron chi connectivity index (χ1n) is 5.46. The zero-order valence-electron chi connectivity index (χ0n) is 9.75. The lowest BCUT2D eigenvalue weighted by molar-refractivity contribution is 0.599. The Bertz CT molecular complexity index is 569. The number of halogens is 3. The van der Waals surface area contributed by atoms with Gasteiger partial charge in [0.15, 0.2) is 0 Å². The standard InChI is InChI=1S/C14H12BrClFN/c1-8-2-4-9(5-3-8)14(18)10-6-7-11(15)12(16)13(10)17/h2-7,14H,18H2,1H3. The Morgan fingerprint density at radius 2 is 1.78 bits per heavy atom. The van der Waals surface area contributed by atoms with Crippen LogP contribution in [0.3, 0.4) is 0 Å². The Morgan fingerprint density at radius 3 is 2.39 bits per heavy atom. The maximum Gasteiger partial charge on any atom is 0.148 e. The second-order valence-electron chi connectivity index (χ2n) is 4.15. The van der Waals surface area contributed by atoms with Gasteiger partial charge < -0.3 is 5.73 Å². The smallest absolute Gasteiger partial charge is 0.148 e. The van der Waals surface area contributed by atoms with Crippen molar-refractivity contribution in [2.75, 3.05) is 0 Å². The molecule has 1 nitrogen and oxygen atoms in total. The Kier molecular flexibility index (Phi) is 4.05. The maximum atomic E-state index is 14.0. The molecular weight excluding hydrogens is 317 g/mol. The molecule has 18 heavy (non-hydrogen) atoms. The molecule has 2 aromatic rings. The van der Waals surface area contributed by atoms with Crippen LogP contribution in [0.25, 0.3) is 0 Å². The minimum Gasteiger partial charge on any atom is -0.320 e. The molecule has 2 rings (SSSR count). The van der Waals surface area contributed by atoms with E-state index >= 15 is 0 Å². The second kappa shape index (κ2) is 5.39. The fourth-order valence-corrected chi connectivity index (χ4v) is 2.21. The van der Waals surface area contributed by atoms with Crippen molar-refractivity contribution in [2.24, 2.45) is 5.73 Å². The Labute approximate surface area is 119 Å². The van der Waals surface area contributed by atoms with Crippen LogP contribution in [-0.4, -0.2) is 0 Å². The van der Waals surface area contributed by atoms with Crippen LogP contribution in [0, 0.1) is 12.7 Å². The topological polar surface area (TPSA) is 26.0 Å². The van der Waals surface area contributed by atoms with Gasteiger partial charge in [0.05, 0.1) is 11.1 Å². The van der Waals surface area contributed by atoms with Gasteiger partial charge in [0.1, 0.15) is 5.82 Å². The first-order valence-corrected chi connectivity index (χ1v) is 6.63. The fraction of sp³-hybridized carbons (Fsp3) is 0.143. The van der Waals surface area contributed by atoms with Crippen molar-refractivity contribution in [3.05, 3.63) is 68.4 Å². The summed E-state index contributed by atoms with van der Waals surface area (Å²) in [4.78, 5) is 0. The van der Waals surface area contributed by atoms with Crippen LogP contribution in [-0.2, 0) is 0 Å². The molecule has 0 fully saturated rings. The van der Waals surface area contributed by atoms with Crippen molar-refractivity contribution >= 4 is 27.5 Å². The van der Waals surface area contributed by atoms with Gasteiger partial charge in [-0.1, -0.05) is 47.5 Å². The summed E-state index contributed by atoms with van der Waals surface area (Å²) in [6.07, 6.45) is 0. The quantitative estimate of drug-likeness (QED) is 0.801. The number of rotatable bonds is 2. The molecule has 1 atom stereocenters. The molecule has 4 heteroatoms. The Hall–Kier alpha value is -0.900. The lowest BCUT2D eigenvalue weighted by atomic mass is 9.98. The highest BCUT2D eigenvalue weighted by atomic mass is 79.9. The molecule has 1 unspecified atom stereocenters. The summed E-state index contributed by atoms with van der Waals surface area (Å²) in [7, 11) is 0. The Balaban J connectivity index is 2.43. The van der Waals surface area contributed by atoms with E-state index in [9.17, 15) is 4.39 Å². The molecule has 0 radical (unpaired) electrons. The predicted molar refractivity (Wildman–Crippen MR) is 76.3 cm³/mol. The van der Waals surface area contributed by atoms with Crippen LogP contribution in [0.5, 0.6) is 0 Å². The molecule has 2 N–H and O–H groups in total. The lowest BCUT2D eigenvalue weighted by Gasteiger charge is -2.15. The van der Waals surface area contributed by atoms with Gasteiger partial charge in [-0.05, 0) is 34.5 Å². The third-order valence-electron chi connectivity index (χ3n) is 2.84. The summed E-state index contributed by atoms with van der Waals surface area (Å²) in [5.41, 5.74) is 8.47. The molecule has 0 amide bonds. The van der Waals surface area contributed by atoms with Crippen LogP contribution in [0.1, 0.15) is 22.7 Å². The molecule has 0 spiro atoms. The molecule has 0 bridgehead atoms. The highest BCUT2D eigenvalue weighted by molar-refractivity contribution is 9.10. The summed E-state index contributed by atoms with van der Waals surface area (Å²) in [5, 5.41) is 0.0649. The normalized spacial score (nSPS) is 12.5. The third kappa shape index (κ3) is 2.58. The van der Waals surface area contributed by atoms with Crippen LogP contribution in [0.4, 0.5) is 4.39 Å². The van der Waals surface area contributed by atoms with Crippen LogP contribution >= 0.6 is 27.5 Å². The van der Waals surface area contributed by atoms with Gasteiger partial charge in [0.2, 0.25) is 0 Å². The van der Waals surface area contributed by atoms with Gasteiger partial charge in [-0.2, -0.15) is 0 Å². The van der Waals surface area contributed by atoms with Crippen LogP contribution < -0.4 is 5.73 Å². The van der Waals surface area contributed by atoms with E-state index in [2.05, 4.69) is 15.9 Å². The van der Waals surface area contributed by atoms with Gasteiger partial charge in [-0.15, -0.1) is 0 Å². The average Bonchev–Trinajstić information content (AvgIpc) is 2.36. The van der Waals surface area contributed by atoms with E-state index < -0.39 is 11.9 Å². The molecule has 0 saturated carbocycles. The largest absolute Gasteiger partial charge is 0.320 e. The van der Waals surface area contributed by atoms with Gasteiger partial charge in [0.25, 0.3) is 0 Å². The van der Waals surface area contributed by atoms with Crippen molar-refractivity contribution in [1.82, 2.24) is 0 Å². The fourth-order valence-electron chi connectivity index (χ4n) is 1.73. The summed E-state index contributed by atoms with van der Waals surface area (Å²) < 4.78 is 14.6. The second-order valence-corrected chi connectivity index (χ2v) is 5.39. The minimum atomic E-state index is -0.517. The summed E-state index contributed by atoms with van der Waals surface area (Å²) >= 11 is 9.04. The van der Waals surface area contributed by atoms with Crippen molar-refractivity contribution in [1.29, 1.82) is 0 Å². The number of hydrogen-bond donors (Lipinski definition) is 1. The van der Waals surface area contributed by atoms with E-state index in [1.165, 1.54) is 0 Å². The number of hydrogen-bond acceptors (Lipinski definition) is 1. The average molecular weight is 329 g/mol. The number of aryl methyl sites for hydroxylation is 1.